The number of aryl methyl sites for hydroxylation is 2. The maximum atomic E-state index is 4.36. The summed E-state index contributed by atoms with van der Waals surface area (Å²) in [6, 6.07) is 1.94. The SMILES string of the molecule is CNc1cncc(Sc2nc(C)cc(C)n2)n1. The van der Waals surface area contributed by atoms with Crippen molar-refractivity contribution < 1.29 is 0 Å². The van der Waals surface area contributed by atoms with Gasteiger partial charge in [0.25, 0.3) is 0 Å². The van der Waals surface area contributed by atoms with Crippen LogP contribution in [0.1, 0.15) is 11.4 Å². The second-order valence-electron chi connectivity index (χ2n) is 3.53. The van der Waals surface area contributed by atoms with Crippen LogP contribution in [0.5, 0.6) is 0 Å². The molecule has 5 nitrogen and oxygen atoms in total. The first-order chi connectivity index (χ1) is 8.17. The minimum Gasteiger partial charge on any atom is -0.372 e. The highest BCUT2D eigenvalue weighted by Crippen LogP contribution is 2.23. The van der Waals surface area contributed by atoms with E-state index in [1.54, 1.807) is 12.4 Å². The molecule has 1 N–H and O–H groups in total. The molecule has 0 saturated heterocycles. The van der Waals surface area contributed by atoms with Crippen molar-refractivity contribution in [3.05, 3.63) is 29.8 Å². The molecule has 2 aromatic rings. The Morgan fingerprint density at radius 3 is 2.41 bits per heavy atom. The van der Waals surface area contributed by atoms with Gasteiger partial charge in [-0.2, -0.15) is 0 Å². The van der Waals surface area contributed by atoms with Crippen LogP contribution in [-0.4, -0.2) is 27.0 Å². The molecule has 0 amide bonds. The van der Waals surface area contributed by atoms with E-state index in [9.17, 15) is 0 Å². The van der Waals surface area contributed by atoms with Gasteiger partial charge >= 0.3 is 0 Å². The first-order valence-electron chi connectivity index (χ1n) is 5.17. The largest absolute Gasteiger partial charge is 0.372 e. The van der Waals surface area contributed by atoms with Gasteiger partial charge in [0.1, 0.15) is 10.8 Å². The molecule has 0 fully saturated rings. The van der Waals surface area contributed by atoms with Gasteiger partial charge in [0, 0.05) is 18.4 Å². The Hall–Kier alpha value is -1.69. The van der Waals surface area contributed by atoms with Crippen LogP contribution in [0.3, 0.4) is 0 Å². The molecule has 17 heavy (non-hydrogen) atoms. The van der Waals surface area contributed by atoms with E-state index in [0.717, 1.165) is 22.2 Å². The van der Waals surface area contributed by atoms with Crippen molar-refractivity contribution in [2.45, 2.75) is 24.0 Å². The summed E-state index contributed by atoms with van der Waals surface area (Å²) in [5, 5.41) is 4.43. The number of aromatic nitrogens is 4. The molecular weight excluding hydrogens is 234 g/mol. The Bertz CT molecular complexity index is 509. The van der Waals surface area contributed by atoms with Crippen molar-refractivity contribution in [2.75, 3.05) is 12.4 Å². The number of hydrogen-bond acceptors (Lipinski definition) is 6. The van der Waals surface area contributed by atoms with Gasteiger partial charge in [0.05, 0.1) is 12.4 Å². The lowest BCUT2D eigenvalue weighted by atomic mass is 10.4. The molecule has 0 radical (unpaired) electrons. The Kier molecular flexibility index (Phi) is 3.53. The molecule has 0 unspecified atom stereocenters. The van der Waals surface area contributed by atoms with Crippen LogP contribution in [0.15, 0.2) is 28.6 Å². The lowest BCUT2D eigenvalue weighted by Gasteiger charge is -2.03. The Balaban J connectivity index is 2.24. The minimum atomic E-state index is 0.699. The van der Waals surface area contributed by atoms with Crippen molar-refractivity contribution in [1.82, 2.24) is 19.9 Å². The molecule has 0 aliphatic heterocycles. The van der Waals surface area contributed by atoms with Crippen LogP contribution in [0.25, 0.3) is 0 Å². The maximum Gasteiger partial charge on any atom is 0.194 e. The van der Waals surface area contributed by atoms with Gasteiger partial charge in [-0.05, 0) is 31.7 Å². The quantitative estimate of drug-likeness (QED) is 0.838. The zero-order chi connectivity index (χ0) is 12.3. The molecule has 0 spiro atoms. The van der Waals surface area contributed by atoms with Gasteiger partial charge in [-0.3, -0.25) is 4.98 Å². The average molecular weight is 247 g/mol. The number of anilines is 1. The third-order valence-corrected chi connectivity index (χ3v) is 2.80. The topological polar surface area (TPSA) is 63.6 Å². The Morgan fingerprint density at radius 2 is 1.76 bits per heavy atom. The molecule has 2 heterocycles. The van der Waals surface area contributed by atoms with Crippen molar-refractivity contribution in [2.24, 2.45) is 0 Å². The highest BCUT2D eigenvalue weighted by atomic mass is 32.2. The maximum absolute atomic E-state index is 4.36. The van der Waals surface area contributed by atoms with Crippen molar-refractivity contribution in [1.29, 1.82) is 0 Å². The van der Waals surface area contributed by atoms with Crippen molar-refractivity contribution in [3.63, 3.8) is 0 Å². The molecule has 0 aliphatic rings. The molecule has 0 bridgehead atoms. The fourth-order valence-corrected chi connectivity index (χ4v) is 2.17. The van der Waals surface area contributed by atoms with Crippen molar-refractivity contribution >= 4 is 17.6 Å². The fraction of sp³-hybridized carbons (Fsp3) is 0.273. The van der Waals surface area contributed by atoms with Crippen LogP contribution < -0.4 is 5.32 Å². The van der Waals surface area contributed by atoms with E-state index < -0.39 is 0 Å². The normalized spacial score (nSPS) is 10.3. The third-order valence-electron chi connectivity index (χ3n) is 2.03. The molecule has 0 saturated carbocycles. The van der Waals surface area contributed by atoms with E-state index in [1.165, 1.54) is 11.8 Å². The van der Waals surface area contributed by atoms with Gasteiger partial charge in [0.15, 0.2) is 5.16 Å². The monoisotopic (exact) mass is 247 g/mol. The fourth-order valence-electron chi connectivity index (χ4n) is 1.35. The molecule has 2 aromatic heterocycles. The second kappa shape index (κ2) is 5.09. The molecule has 6 heteroatoms. The second-order valence-corrected chi connectivity index (χ2v) is 4.52. The van der Waals surface area contributed by atoms with E-state index in [2.05, 4.69) is 25.3 Å². The lowest BCUT2D eigenvalue weighted by molar-refractivity contribution is 0.897. The first-order valence-corrected chi connectivity index (χ1v) is 5.99. The van der Waals surface area contributed by atoms with Gasteiger partial charge < -0.3 is 5.32 Å². The predicted molar refractivity (Wildman–Crippen MR) is 67.2 cm³/mol. The molecular formula is C11H13N5S. The van der Waals surface area contributed by atoms with E-state index in [1.807, 2.05) is 27.0 Å². The predicted octanol–water partition coefficient (Wildman–Crippen LogP) is 2.08. The summed E-state index contributed by atoms with van der Waals surface area (Å²) < 4.78 is 0. The van der Waals surface area contributed by atoms with Crippen molar-refractivity contribution in [3.8, 4) is 0 Å². The average Bonchev–Trinajstić information content (AvgIpc) is 2.28. The standard InChI is InChI=1S/C11H13N5S/c1-7-4-8(2)15-11(14-7)17-10-6-13-5-9(12-3)16-10/h4-6H,1-3H3,(H,12,16). The number of hydrogen-bond donors (Lipinski definition) is 1. The zero-order valence-corrected chi connectivity index (χ0v) is 10.7. The summed E-state index contributed by atoms with van der Waals surface area (Å²) in [7, 11) is 1.81. The van der Waals surface area contributed by atoms with Crippen LogP contribution in [0.4, 0.5) is 5.82 Å². The smallest absolute Gasteiger partial charge is 0.194 e. The van der Waals surface area contributed by atoms with Gasteiger partial charge in [-0.25, -0.2) is 15.0 Å². The number of nitrogens with one attached hydrogen (secondary N) is 1. The lowest BCUT2D eigenvalue weighted by Crippen LogP contribution is -1.96. The molecule has 0 aliphatic carbocycles. The molecule has 2 rings (SSSR count). The third kappa shape index (κ3) is 3.13. The summed E-state index contributed by atoms with van der Waals surface area (Å²) >= 11 is 1.41. The first kappa shape index (κ1) is 11.8. The summed E-state index contributed by atoms with van der Waals surface area (Å²) in [5.41, 5.74) is 1.91. The summed E-state index contributed by atoms with van der Waals surface area (Å²) in [5.74, 6) is 0.736. The highest BCUT2D eigenvalue weighted by molar-refractivity contribution is 7.99. The highest BCUT2D eigenvalue weighted by Gasteiger charge is 2.04. The van der Waals surface area contributed by atoms with Gasteiger partial charge in [0.2, 0.25) is 0 Å². The van der Waals surface area contributed by atoms with Gasteiger partial charge in [-0.15, -0.1) is 0 Å². The van der Waals surface area contributed by atoms with E-state index in [4.69, 9.17) is 0 Å². The molecule has 88 valence electrons. The van der Waals surface area contributed by atoms with E-state index in [-0.39, 0.29) is 0 Å². The van der Waals surface area contributed by atoms with Crippen LogP contribution in [0.2, 0.25) is 0 Å². The van der Waals surface area contributed by atoms with Gasteiger partial charge in [-0.1, -0.05) is 0 Å². The van der Waals surface area contributed by atoms with Crippen LogP contribution in [-0.2, 0) is 0 Å². The summed E-state index contributed by atoms with van der Waals surface area (Å²) in [6.07, 6.45) is 3.37. The van der Waals surface area contributed by atoms with Crippen LogP contribution >= 0.6 is 11.8 Å². The Morgan fingerprint density at radius 1 is 1.06 bits per heavy atom. The van der Waals surface area contributed by atoms with E-state index >= 15 is 0 Å². The number of nitrogens with zero attached hydrogens (tertiary/aromatic N) is 4. The Labute approximate surface area is 104 Å². The summed E-state index contributed by atoms with van der Waals surface area (Å²) in [6.45, 7) is 3.91. The molecule has 0 atom stereocenters. The summed E-state index contributed by atoms with van der Waals surface area (Å²) in [4.78, 5) is 17.1. The number of rotatable bonds is 3. The zero-order valence-electron chi connectivity index (χ0n) is 9.93. The van der Waals surface area contributed by atoms with Crippen LogP contribution in [0, 0.1) is 13.8 Å². The minimum absolute atomic E-state index is 0.699. The van der Waals surface area contributed by atoms with E-state index in [0.29, 0.717) is 5.16 Å². The molecule has 0 aromatic carbocycles.